The molecule has 1 aromatic rings. The molecule has 0 amide bonds. The zero-order chi connectivity index (χ0) is 11.7. The smallest absolute Gasteiger partial charge is 0.267 e. The van der Waals surface area contributed by atoms with Crippen molar-refractivity contribution < 1.29 is 5.11 Å². The quantitative estimate of drug-likeness (QED) is 0.804. The summed E-state index contributed by atoms with van der Waals surface area (Å²) in [4.78, 5) is 11.8. The van der Waals surface area contributed by atoms with Crippen molar-refractivity contribution in [3.05, 3.63) is 22.1 Å². The van der Waals surface area contributed by atoms with E-state index in [0.29, 0.717) is 5.92 Å². The fraction of sp³-hybridized carbons (Fsp3) is 0.750. The molecule has 0 aliphatic heterocycles. The Hall–Kier alpha value is -1.03. The molecular formula is C12H20N2O2. The molecule has 2 atom stereocenters. The van der Waals surface area contributed by atoms with E-state index in [9.17, 15) is 9.90 Å². The fourth-order valence-electron chi connectivity index (χ4n) is 2.36. The maximum Gasteiger partial charge on any atom is 0.267 e. The third-order valence-electron chi connectivity index (χ3n) is 3.41. The minimum absolute atomic E-state index is 0.0188. The van der Waals surface area contributed by atoms with Crippen LogP contribution < -0.4 is 5.56 Å². The molecule has 4 heteroatoms. The van der Waals surface area contributed by atoms with Crippen LogP contribution in [-0.4, -0.2) is 21.0 Å². The monoisotopic (exact) mass is 224 g/mol. The molecule has 1 heterocycles. The summed E-state index contributed by atoms with van der Waals surface area (Å²) < 4.78 is 1.61. The van der Waals surface area contributed by atoms with E-state index in [0.717, 1.165) is 31.4 Å². The van der Waals surface area contributed by atoms with Gasteiger partial charge in [0.2, 0.25) is 0 Å². The average molecular weight is 224 g/mol. The van der Waals surface area contributed by atoms with Gasteiger partial charge in [0.1, 0.15) is 0 Å². The van der Waals surface area contributed by atoms with Gasteiger partial charge in [-0.25, -0.2) is 4.68 Å². The summed E-state index contributed by atoms with van der Waals surface area (Å²) in [5.74, 6) is 0.315. The van der Waals surface area contributed by atoms with E-state index in [4.69, 9.17) is 0 Å². The lowest BCUT2D eigenvalue weighted by atomic mass is 9.93. The summed E-state index contributed by atoms with van der Waals surface area (Å²) in [5.41, 5.74) is 0.928. The lowest BCUT2D eigenvalue weighted by Crippen LogP contribution is -2.33. The van der Waals surface area contributed by atoms with Gasteiger partial charge in [-0.1, -0.05) is 26.7 Å². The van der Waals surface area contributed by atoms with E-state index in [1.807, 2.05) is 13.8 Å². The van der Waals surface area contributed by atoms with Gasteiger partial charge in [0.05, 0.1) is 12.1 Å². The van der Waals surface area contributed by atoms with E-state index in [2.05, 4.69) is 5.10 Å². The third kappa shape index (κ3) is 2.07. The summed E-state index contributed by atoms with van der Waals surface area (Å²) >= 11 is 0. The molecule has 1 aromatic heterocycles. The molecule has 0 bridgehead atoms. The predicted molar refractivity (Wildman–Crippen MR) is 62.7 cm³/mol. The number of rotatable bonds is 2. The van der Waals surface area contributed by atoms with Gasteiger partial charge in [-0.3, -0.25) is 9.89 Å². The molecule has 0 saturated heterocycles. The molecule has 0 aromatic carbocycles. The van der Waals surface area contributed by atoms with Crippen LogP contribution in [0.15, 0.2) is 10.9 Å². The molecule has 1 aliphatic rings. The topological polar surface area (TPSA) is 58.0 Å². The first-order chi connectivity index (χ1) is 7.59. The highest BCUT2D eigenvalue weighted by Crippen LogP contribution is 2.27. The maximum absolute atomic E-state index is 11.8. The standard InChI is InChI=1S/C12H20N2O2/c1-8(2)9-7-12(16)14(13-9)10-5-3-4-6-11(10)15/h7-8,10-11,13,15H,3-6H2,1-2H3. The van der Waals surface area contributed by atoms with Crippen LogP contribution in [0.25, 0.3) is 0 Å². The van der Waals surface area contributed by atoms with Gasteiger partial charge in [-0.15, -0.1) is 0 Å². The highest BCUT2D eigenvalue weighted by molar-refractivity contribution is 5.05. The second-order valence-electron chi connectivity index (χ2n) is 4.99. The highest BCUT2D eigenvalue weighted by atomic mass is 16.3. The lowest BCUT2D eigenvalue weighted by Gasteiger charge is -2.27. The van der Waals surface area contributed by atoms with Gasteiger partial charge >= 0.3 is 0 Å². The number of hydrogen-bond donors (Lipinski definition) is 2. The molecule has 0 radical (unpaired) electrons. The maximum atomic E-state index is 11.8. The SMILES string of the molecule is CC(C)c1cc(=O)n(C2CCCCC2O)[nH]1. The Morgan fingerprint density at radius 1 is 1.44 bits per heavy atom. The summed E-state index contributed by atoms with van der Waals surface area (Å²) in [7, 11) is 0. The summed E-state index contributed by atoms with van der Waals surface area (Å²) in [6, 6.07) is 1.58. The first-order valence-corrected chi connectivity index (χ1v) is 6.09. The van der Waals surface area contributed by atoms with E-state index >= 15 is 0 Å². The number of aromatic nitrogens is 2. The number of nitrogens with one attached hydrogen (secondary N) is 1. The van der Waals surface area contributed by atoms with Crippen LogP contribution in [0.5, 0.6) is 0 Å². The molecule has 4 nitrogen and oxygen atoms in total. The van der Waals surface area contributed by atoms with Crippen molar-refractivity contribution in [1.29, 1.82) is 0 Å². The summed E-state index contributed by atoms with van der Waals surface area (Å²) in [5, 5.41) is 13.0. The Labute approximate surface area is 95.3 Å². The van der Waals surface area contributed by atoms with Crippen LogP contribution in [-0.2, 0) is 0 Å². The number of aliphatic hydroxyl groups excluding tert-OH is 1. The minimum atomic E-state index is -0.384. The minimum Gasteiger partial charge on any atom is -0.391 e. The molecule has 90 valence electrons. The lowest BCUT2D eigenvalue weighted by molar-refractivity contribution is 0.0676. The van der Waals surface area contributed by atoms with Crippen molar-refractivity contribution in [2.45, 2.75) is 57.6 Å². The molecule has 1 fully saturated rings. The van der Waals surface area contributed by atoms with E-state index in [1.54, 1.807) is 10.7 Å². The Morgan fingerprint density at radius 3 is 2.69 bits per heavy atom. The number of aromatic amines is 1. The molecule has 1 saturated carbocycles. The zero-order valence-corrected chi connectivity index (χ0v) is 9.94. The van der Waals surface area contributed by atoms with Gasteiger partial charge in [-0.05, 0) is 18.8 Å². The van der Waals surface area contributed by atoms with Crippen molar-refractivity contribution in [2.75, 3.05) is 0 Å². The number of H-pyrrole nitrogens is 1. The number of aliphatic hydroxyl groups is 1. The van der Waals surface area contributed by atoms with E-state index < -0.39 is 0 Å². The van der Waals surface area contributed by atoms with Crippen LogP contribution in [0.4, 0.5) is 0 Å². The van der Waals surface area contributed by atoms with Crippen LogP contribution in [0.2, 0.25) is 0 Å². The fourth-order valence-corrected chi connectivity index (χ4v) is 2.36. The van der Waals surface area contributed by atoms with E-state index in [1.165, 1.54) is 0 Å². The highest BCUT2D eigenvalue weighted by Gasteiger charge is 2.26. The molecule has 0 spiro atoms. The Morgan fingerprint density at radius 2 is 2.12 bits per heavy atom. The van der Waals surface area contributed by atoms with Crippen LogP contribution in [0, 0.1) is 0 Å². The summed E-state index contributed by atoms with van der Waals surface area (Å²) in [6.45, 7) is 4.10. The third-order valence-corrected chi connectivity index (χ3v) is 3.41. The number of hydrogen-bond acceptors (Lipinski definition) is 2. The first-order valence-electron chi connectivity index (χ1n) is 6.09. The zero-order valence-electron chi connectivity index (χ0n) is 9.94. The van der Waals surface area contributed by atoms with Gasteiger partial charge in [0.15, 0.2) is 0 Å². The van der Waals surface area contributed by atoms with Crippen LogP contribution >= 0.6 is 0 Å². The second-order valence-corrected chi connectivity index (χ2v) is 4.99. The van der Waals surface area contributed by atoms with Gasteiger partial charge < -0.3 is 5.11 Å². The van der Waals surface area contributed by atoms with Crippen molar-refractivity contribution in [3.63, 3.8) is 0 Å². The Bertz CT molecular complexity index is 405. The van der Waals surface area contributed by atoms with Crippen molar-refractivity contribution in [2.24, 2.45) is 0 Å². The molecule has 16 heavy (non-hydrogen) atoms. The van der Waals surface area contributed by atoms with Crippen molar-refractivity contribution >= 4 is 0 Å². The number of nitrogens with zero attached hydrogens (tertiary/aromatic N) is 1. The van der Waals surface area contributed by atoms with Crippen molar-refractivity contribution in [1.82, 2.24) is 9.78 Å². The molecule has 1 aliphatic carbocycles. The van der Waals surface area contributed by atoms with Crippen molar-refractivity contribution in [3.8, 4) is 0 Å². The average Bonchev–Trinajstić information content (AvgIpc) is 2.61. The Kier molecular flexibility index (Phi) is 3.19. The molecule has 2 rings (SSSR count). The normalized spacial score (nSPS) is 26.2. The van der Waals surface area contributed by atoms with Gasteiger partial charge in [0, 0.05) is 11.8 Å². The predicted octanol–water partition coefficient (Wildman–Crippen LogP) is 1.78. The largest absolute Gasteiger partial charge is 0.391 e. The van der Waals surface area contributed by atoms with E-state index in [-0.39, 0.29) is 17.7 Å². The molecule has 2 unspecified atom stereocenters. The second kappa shape index (κ2) is 4.45. The molecule has 2 N–H and O–H groups in total. The summed E-state index contributed by atoms with van der Waals surface area (Å²) in [6.07, 6.45) is 3.45. The van der Waals surface area contributed by atoms with Gasteiger partial charge in [-0.2, -0.15) is 0 Å². The van der Waals surface area contributed by atoms with Crippen LogP contribution in [0.3, 0.4) is 0 Å². The van der Waals surface area contributed by atoms with Gasteiger partial charge in [0.25, 0.3) is 5.56 Å². The Balaban J connectivity index is 2.28. The van der Waals surface area contributed by atoms with Crippen LogP contribution in [0.1, 0.15) is 57.2 Å². The molecular weight excluding hydrogens is 204 g/mol. The first kappa shape index (κ1) is 11.5.